The molecule has 1 atom stereocenters. The third kappa shape index (κ3) is 3.81. The van der Waals surface area contributed by atoms with Crippen LogP contribution in [0.5, 0.6) is 0 Å². The standard InChI is InChI=1S/C25H19N3O4S/c29-28(30)20-8-5-6-18(16-20)14-15-33(31,32)27-24-11-4-1-7-19(24)12-13-25(27)22-17-26-23-10-3-2-9-21(22)23/h1-17,25-26H/b15-14+. The van der Waals surface area contributed by atoms with Crippen LogP contribution >= 0.6 is 0 Å². The van der Waals surface area contributed by atoms with E-state index in [0.717, 1.165) is 27.4 Å². The molecule has 1 N–H and O–H groups in total. The fourth-order valence-corrected chi connectivity index (χ4v) is 5.49. The van der Waals surface area contributed by atoms with Crippen LogP contribution in [0.1, 0.15) is 22.7 Å². The molecule has 2 heterocycles. The maximum Gasteiger partial charge on any atom is 0.270 e. The van der Waals surface area contributed by atoms with Gasteiger partial charge in [-0.15, -0.1) is 0 Å². The molecular formula is C25H19N3O4S. The number of rotatable bonds is 5. The molecule has 1 aliphatic rings. The Morgan fingerprint density at radius 2 is 1.79 bits per heavy atom. The number of nitrogens with one attached hydrogen (secondary N) is 1. The topological polar surface area (TPSA) is 96.3 Å². The fourth-order valence-electron chi connectivity index (χ4n) is 4.09. The Kier molecular flexibility index (Phi) is 5.07. The van der Waals surface area contributed by atoms with Crippen LogP contribution in [-0.4, -0.2) is 18.3 Å². The Hall–Kier alpha value is -4.17. The molecule has 4 aromatic rings. The van der Waals surface area contributed by atoms with E-state index in [-0.39, 0.29) is 5.69 Å². The number of benzene rings is 3. The molecule has 1 aromatic heterocycles. The number of nitrogens with zero attached hydrogens (tertiary/aromatic N) is 2. The van der Waals surface area contributed by atoms with E-state index in [4.69, 9.17) is 0 Å². The summed E-state index contributed by atoms with van der Waals surface area (Å²) in [7, 11) is -3.95. The molecule has 0 spiro atoms. The van der Waals surface area contributed by atoms with Crippen molar-refractivity contribution in [2.75, 3.05) is 4.31 Å². The van der Waals surface area contributed by atoms with Crippen LogP contribution in [0.2, 0.25) is 0 Å². The number of nitro groups is 1. The quantitative estimate of drug-likeness (QED) is 0.309. The van der Waals surface area contributed by atoms with E-state index < -0.39 is 21.0 Å². The number of hydrogen-bond donors (Lipinski definition) is 1. The highest BCUT2D eigenvalue weighted by molar-refractivity contribution is 7.95. The van der Waals surface area contributed by atoms with Gasteiger partial charge in [0.1, 0.15) is 0 Å². The average molecular weight is 458 g/mol. The molecule has 0 fully saturated rings. The zero-order chi connectivity index (χ0) is 23.0. The number of nitro benzene ring substituents is 1. The van der Waals surface area contributed by atoms with E-state index in [2.05, 4.69) is 4.98 Å². The number of H-pyrrole nitrogens is 1. The van der Waals surface area contributed by atoms with Crippen LogP contribution in [-0.2, 0) is 10.0 Å². The predicted octanol–water partition coefficient (Wildman–Crippen LogP) is 5.65. The second-order valence-electron chi connectivity index (χ2n) is 7.65. The van der Waals surface area contributed by atoms with Crippen LogP contribution < -0.4 is 4.31 Å². The van der Waals surface area contributed by atoms with Gasteiger partial charge in [-0.3, -0.25) is 14.4 Å². The summed E-state index contributed by atoms with van der Waals surface area (Å²) in [5, 5.41) is 13.1. The summed E-state index contributed by atoms with van der Waals surface area (Å²) in [6, 6.07) is 20.3. The first kappa shape index (κ1) is 20.7. The van der Waals surface area contributed by atoms with Crippen molar-refractivity contribution in [2.45, 2.75) is 6.04 Å². The molecule has 164 valence electrons. The van der Waals surface area contributed by atoms with Gasteiger partial charge >= 0.3 is 0 Å². The first-order valence-corrected chi connectivity index (χ1v) is 11.7. The second-order valence-corrected chi connectivity index (χ2v) is 9.34. The molecule has 3 aromatic carbocycles. The second kappa shape index (κ2) is 8.07. The van der Waals surface area contributed by atoms with E-state index in [0.29, 0.717) is 11.3 Å². The highest BCUT2D eigenvalue weighted by atomic mass is 32.2. The van der Waals surface area contributed by atoms with Crippen molar-refractivity contribution in [2.24, 2.45) is 0 Å². The molecule has 0 saturated carbocycles. The molecule has 1 aliphatic heterocycles. The summed E-state index contributed by atoms with van der Waals surface area (Å²) in [4.78, 5) is 13.8. The molecule has 0 radical (unpaired) electrons. The van der Waals surface area contributed by atoms with Crippen LogP contribution in [0.3, 0.4) is 0 Å². The molecule has 0 aliphatic carbocycles. The van der Waals surface area contributed by atoms with Crippen LogP contribution in [0.15, 0.2) is 90.5 Å². The van der Waals surface area contributed by atoms with Gasteiger partial charge in [-0.25, -0.2) is 8.42 Å². The minimum Gasteiger partial charge on any atom is -0.361 e. The number of anilines is 1. The lowest BCUT2D eigenvalue weighted by Crippen LogP contribution is -2.34. The summed E-state index contributed by atoms with van der Waals surface area (Å²) < 4.78 is 28.7. The molecular weight excluding hydrogens is 438 g/mol. The SMILES string of the molecule is O=[N+]([O-])c1cccc(/C=C/S(=O)(=O)N2c3ccccc3C=CC2c2c[nH]c3ccccc23)c1. The Bertz CT molecular complexity index is 1540. The Morgan fingerprint density at radius 3 is 2.64 bits per heavy atom. The molecule has 0 bridgehead atoms. The zero-order valence-electron chi connectivity index (χ0n) is 17.3. The third-order valence-electron chi connectivity index (χ3n) is 5.61. The number of aromatic amines is 1. The van der Waals surface area contributed by atoms with Gasteiger partial charge in [0.15, 0.2) is 0 Å². The largest absolute Gasteiger partial charge is 0.361 e. The molecule has 7 nitrogen and oxygen atoms in total. The van der Waals surface area contributed by atoms with Crippen LogP contribution in [0.25, 0.3) is 23.1 Å². The summed E-state index contributed by atoms with van der Waals surface area (Å²) in [5.41, 5.74) is 3.45. The highest BCUT2D eigenvalue weighted by Crippen LogP contribution is 2.41. The van der Waals surface area contributed by atoms with Gasteiger partial charge in [-0.2, -0.15) is 0 Å². The number of sulfonamides is 1. The molecule has 0 amide bonds. The summed E-state index contributed by atoms with van der Waals surface area (Å²) in [5.74, 6) is 0. The van der Waals surface area contributed by atoms with Gasteiger partial charge < -0.3 is 4.98 Å². The van der Waals surface area contributed by atoms with Gasteiger partial charge in [0, 0.05) is 34.8 Å². The number of para-hydroxylation sites is 2. The van der Waals surface area contributed by atoms with E-state index in [1.54, 1.807) is 18.2 Å². The van der Waals surface area contributed by atoms with Crippen LogP contribution in [0, 0.1) is 10.1 Å². The van der Waals surface area contributed by atoms with Gasteiger partial charge in [0.2, 0.25) is 0 Å². The van der Waals surface area contributed by atoms with E-state index in [1.165, 1.54) is 28.6 Å². The summed E-state index contributed by atoms with van der Waals surface area (Å²) in [6.07, 6.45) is 7.02. The lowest BCUT2D eigenvalue weighted by atomic mass is 9.99. The predicted molar refractivity (Wildman–Crippen MR) is 130 cm³/mol. The average Bonchev–Trinajstić information content (AvgIpc) is 3.26. The molecule has 1 unspecified atom stereocenters. The number of hydrogen-bond acceptors (Lipinski definition) is 4. The number of aromatic nitrogens is 1. The summed E-state index contributed by atoms with van der Waals surface area (Å²) >= 11 is 0. The first-order valence-electron chi connectivity index (χ1n) is 10.2. The lowest BCUT2D eigenvalue weighted by molar-refractivity contribution is -0.384. The van der Waals surface area contributed by atoms with E-state index in [1.807, 2.05) is 54.7 Å². The fraction of sp³-hybridized carbons (Fsp3) is 0.0400. The smallest absolute Gasteiger partial charge is 0.270 e. The van der Waals surface area contributed by atoms with Gasteiger partial charge in [0.05, 0.1) is 22.1 Å². The van der Waals surface area contributed by atoms with Crippen molar-refractivity contribution in [3.05, 3.63) is 117 Å². The number of fused-ring (bicyclic) bond motifs is 2. The van der Waals surface area contributed by atoms with E-state index >= 15 is 0 Å². The molecule has 33 heavy (non-hydrogen) atoms. The minimum absolute atomic E-state index is 0.0996. The van der Waals surface area contributed by atoms with Crippen molar-refractivity contribution < 1.29 is 13.3 Å². The van der Waals surface area contributed by atoms with Gasteiger partial charge in [-0.1, -0.05) is 60.7 Å². The first-order chi connectivity index (χ1) is 15.9. The maximum atomic E-state index is 13.6. The number of non-ortho nitro benzene ring substituents is 1. The van der Waals surface area contributed by atoms with Crippen LogP contribution in [0.4, 0.5) is 11.4 Å². The zero-order valence-corrected chi connectivity index (χ0v) is 18.1. The van der Waals surface area contributed by atoms with Gasteiger partial charge in [0.25, 0.3) is 15.7 Å². The highest BCUT2D eigenvalue weighted by Gasteiger charge is 2.33. The van der Waals surface area contributed by atoms with Crippen molar-refractivity contribution in [1.82, 2.24) is 4.98 Å². The van der Waals surface area contributed by atoms with Crippen molar-refractivity contribution in [3.8, 4) is 0 Å². The lowest BCUT2D eigenvalue weighted by Gasteiger charge is -2.33. The van der Waals surface area contributed by atoms with E-state index in [9.17, 15) is 18.5 Å². The third-order valence-corrected chi connectivity index (χ3v) is 7.06. The molecule has 0 saturated heterocycles. The maximum absolute atomic E-state index is 13.6. The Labute approximate surface area is 190 Å². The van der Waals surface area contributed by atoms with Crippen molar-refractivity contribution in [3.63, 3.8) is 0 Å². The minimum atomic E-state index is -3.95. The molecule has 5 rings (SSSR count). The summed E-state index contributed by atoms with van der Waals surface area (Å²) in [6.45, 7) is 0. The Balaban J connectivity index is 1.61. The normalized spacial score (nSPS) is 15.8. The molecule has 8 heteroatoms. The monoisotopic (exact) mass is 457 g/mol. The van der Waals surface area contributed by atoms with Crippen molar-refractivity contribution in [1.29, 1.82) is 0 Å². The Morgan fingerprint density at radius 1 is 1.00 bits per heavy atom. The van der Waals surface area contributed by atoms with Gasteiger partial charge in [-0.05, 0) is 29.3 Å². The van der Waals surface area contributed by atoms with Crippen molar-refractivity contribution >= 4 is 44.5 Å².